The molecule has 1 amide bonds. The fraction of sp³-hybridized carbons (Fsp3) is 0.579. The standard InChI is InChI=1S/C19H28N2O5S/c1-3-19(4-2,18(23)24)14-20-17(22)15-10-6-7-11-16(15)27(25,26)21-12-8-5-9-13-21/h6-7,10-11H,3-5,8-9,12-14H2,1-2H3,(H,20,22)(H,23,24). The zero-order valence-corrected chi connectivity index (χ0v) is 16.7. The van der Waals surface area contributed by atoms with E-state index in [1.54, 1.807) is 26.0 Å². The van der Waals surface area contributed by atoms with Gasteiger partial charge in [0.25, 0.3) is 5.91 Å². The van der Waals surface area contributed by atoms with Gasteiger partial charge in [0, 0.05) is 19.6 Å². The summed E-state index contributed by atoms with van der Waals surface area (Å²) in [5.41, 5.74) is -1.01. The van der Waals surface area contributed by atoms with Crippen LogP contribution in [-0.2, 0) is 14.8 Å². The summed E-state index contributed by atoms with van der Waals surface area (Å²) in [4.78, 5) is 24.3. The molecule has 0 spiro atoms. The minimum absolute atomic E-state index is 0.0293. The molecule has 27 heavy (non-hydrogen) atoms. The van der Waals surface area contributed by atoms with Gasteiger partial charge in [-0.15, -0.1) is 0 Å². The molecule has 0 atom stereocenters. The molecular weight excluding hydrogens is 368 g/mol. The van der Waals surface area contributed by atoms with E-state index in [-0.39, 0.29) is 17.0 Å². The molecule has 0 radical (unpaired) electrons. The summed E-state index contributed by atoms with van der Waals surface area (Å²) in [5.74, 6) is -1.54. The molecular formula is C19H28N2O5S. The summed E-state index contributed by atoms with van der Waals surface area (Å²) in [6, 6.07) is 6.09. The van der Waals surface area contributed by atoms with Gasteiger partial charge in [0.1, 0.15) is 0 Å². The van der Waals surface area contributed by atoms with Crippen LogP contribution < -0.4 is 5.32 Å². The van der Waals surface area contributed by atoms with Crippen molar-refractivity contribution in [1.29, 1.82) is 0 Å². The van der Waals surface area contributed by atoms with Crippen LogP contribution in [0.4, 0.5) is 0 Å². The van der Waals surface area contributed by atoms with Crippen LogP contribution in [0.15, 0.2) is 29.2 Å². The van der Waals surface area contributed by atoms with Gasteiger partial charge in [-0.2, -0.15) is 4.31 Å². The molecule has 150 valence electrons. The summed E-state index contributed by atoms with van der Waals surface area (Å²) in [5, 5.41) is 12.1. The molecule has 8 heteroatoms. The number of carbonyl (C=O) groups is 2. The Morgan fingerprint density at radius 1 is 1.11 bits per heavy atom. The monoisotopic (exact) mass is 396 g/mol. The van der Waals surface area contributed by atoms with Crippen LogP contribution in [0.5, 0.6) is 0 Å². The molecule has 1 heterocycles. The van der Waals surface area contributed by atoms with Crippen molar-refractivity contribution < 1.29 is 23.1 Å². The lowest BCUT2D eigenvalue weighted by molar-refractivity contribution is -0.149. The highest BCUT2D eigenvalue weighted by atomic mass is 32.2. The summed E-state index contributed by atoms with van der Waals surface area (Å²) in [6.45, 7) is 4.38. The molecule has 0 bridgehead atoms. The number of hydrogen-bond donors (Lipinski definition) is 2. The van der Waals surface area contributed by atoms with Crippen LogP contribution in [0, 0.1) is 5.41 Å². The minimum atomic E-state index is -3.76. The average molecular weight is 397 g/mol. The first-order valence-corrected chi connectivity index (χ1v) is 10.8. The molecule has 1 aromatic rings. The zero-order valence-electron chi connectivity index (χ0n) is 15.9. The Labute approximate surface area is 160 Å². The summed E-state index contributed by atoms with van der Waals surface area (Å²) in [7, 11) is -3.76. The normalized spacial score (nSPS) is 16.1. The van der Waals surface area contributed by atoms with Crippen molar-refractivity contribution >= 4 is 21.9 Å². The quantitative estimate of drug-likeness (QED) is 0.702. The van der Waals surface area contributed by atoms with E-state index in [0.29, 0.717) is 25.9 Å². The highest BCUT2D eigenvalue weighted by molar-refractivity contribution is 7.89. The predicted octanol–water partition coefficient (Wildman–Crippen LogP) is 2.48. The first kappa shape index (κ1) is 21.4. The van der Waals surface area contributed by atoms with Gasteiger partial charge in [-0.1, -0.05) is 32.4 Å². The van der Waals surface area contributed by atoms with Gasteiger partial charge in [0.15, 0.2) is 0 Å². The highest BCUT2D eigenvalue weighted by Crippen LogP contribution is 2.27. The fourth-order valence-corrected chi connectivity index (χ4v) is 5.05. The lowest BCUT2D eigenvalue weighted by Gasteiger charge is -2.28. The van der Waals surface area contributed by atoms with Crippen molar-refractivity contribution in [3.05, 3.63) is 29.8 Å². The molecule has 1 saturated heterocycles. The van der Waals surface area contributed by atoms with Crippen LogP contribution in [0.2, 0.25) is 0 Å². The Morgan fingerprint density at radius 3 is 2.26 bits per heavy atom. The maximum absolute atomic E-state index is 13.0. The molecule has 1 fully saturated rings. The molecule has 0 unspecified atom stereocenters. The third-order valence-electron chi connectivity index (χ3n) is 5.46. The molecule has 2 rings (SSSR count). The van der Waals surface area contributed by atoms with Gasteiger partial charge in [0.05, 0.1) is 15.9 Å². The largest absolute Gasteiger partial charge is 0.481 e. The van der Waals surface area contributed by atoms with Crippen molar-refractivity contribution in [3.63, 3.8) is 0 Å². The minimum Gasteiger partial charge on any atom is -0.481 e. The molecule has 0 aliphatic carbocycles. The molecule has 2 N–H and O–H groups in total. The number of rotatable bonds is 8. The summed E-state index contributed by atoms with van der Waals surface area (Å²) >= 11 is 0. The van der Waals surface area contributed by atoms with E-state index in [1.165, 1.54) is 16.4 Å². The average Bonchev–Trinajstić information content (AvgIpc) is 2.69. The molecule has 1 aliphatic heterocycles. The number of carbonyl (C=O) groups excluding carboxylic acids is 1. The van der Waals surface area contributed by atoms with E-state index in [1.807, 2.05) is 0 Å². The van der Waals surface area contributed by atoms with Gasteiger partial charge in [0.2, 0.25) is 10.0 Å². The number of amides is 1. The molecule has 1 aromatic carbocycles. The van der Waals surface area contributed by atoms with Gasteiger partial charge in [-0.3, -0.25) is 9.59 Å². The van der Waals surface area contributed by atoms with Crippen molar-refractivity contribution in [2.75, 3.05) is 19.6 Å². The fourth-order valence-electron chi connectivity index (χ4n) is 3.35. The number of nitrogens with zero attached hydrogens (tertiary/aromatic N) is 1. The Hall–Kier alpha value is -1.93. The molecule has 1 aliphatic rings. The Bertz CT molecular complexity index is 781. The highest BCUT2D eigenvalue weighted by Gasteiger charge is 2.36. The second-order valence-corrected chi connectivity index (χ2v) is 8.84. The number of aliphatic carboxylic acids is 1. The molecule has 7 nitrogen and oxygen atoms in total. The van der Waals surface area contributed by atoms with Crippen LogP contribution >= 0.6 is 0 Å². The predicted molar refractivity (Wildman–Crippen MR) is 102 cm³/mol. The van der Waals surface area contributed by atoms with Crippen LogP contribution in [-0.4, -0.2) is 49.3 Å². The van der Waals surface area contributed by atoms with Crippen LogP contribution in [0.3, 0.4) is 0 Å². The summed E-state index contributed by atoms with van der Waals surface area (Å²) < 4.78 is 27.4. The first-order valence-electron chi connectivity index (χ1n) is 9.39. The van der Waals surface area contributed by atoms with Crippen LogP contribution in [0.25, 0.3) is 0 Å². The lowest BCUT2D eigenvalue weighted by Crippen LogP contribution is -2.43. The maximum atomic E-state index is 13.0. The number of hydrogen-bond acceptors (Lipinski definition) is 4. The smallest absolute Gasteiger partial charge is 0.311 e. The Balaban J connectivity index is 2.26. The van der Waals surface area contributed by atoms with Gasteiger partial charge >= 0.3 is 5.97 Å². The van der Waals surface area contributed by atoms with E-state index in [2.05, 4.69) is 5.32 Å². The Kier molecular flexibility index (Phi) is 7.00. The van der Waals surface area contributed by atoms with E-state index in [4.69, 9.17) is 0 Å². The second kappa shape index (κ2) is 8.84. The van der Waals surface area contributed by atoms with E-state index in [9.17, 15) is 23.1 Å². The number of nitrogens with one attached hydrogen (secondary N) is 1. The number of piperidine rings is 1. The van der Waals surface area contributed by atoms with Crippen LogP contribution in [0.1, 0.15) is 56.3 Å². The van der Waals surface area contributed by atoms with Crippen molar-refractivity contribution in [1.82, 2.24) is 9.62 Å². The second-order valence-electron chi connectivity index (χ2n) is 6.94. The third kappa shape index (κ3) is 4.50. The molecule has 0 aromatic heterocycles. The van der Waals surface area contributed by atoms with Gasteiger partial charge < -0.3 is 10.4 Å². The SMILES string of the molecule is CCC(CC)(CNC(=O)c1ccccc1S(=O)(=O)N1CCCCC1)C(=O)O. The Morgan fingerprint density at radius 2 is 1.70 bits per heavy atom. The zero-order chi connectivity index (χ0) is 20.1. The number of carboxylic acid groups (broad SMARTS) is 1. The van der Waals surface area contributed by atoms with Gasteiger partial charge in [-0.05, 0) is 37.8 Å². The van der Waals surface area contributed by atoms with E-state index < -0.39 is 27.3 Å². The number of benzene rings is 1. The number of carboxylic acids is 1. The van der Waals surface area contributed by atoms with E-state index >= 15 is 0 Å². The van der Waals surface area contributed by atoms with E-state index in [0.717, 1.165) is 19.3 Å². The maximum Gasteiger partial charge on any atom is 0.311 e. The first-order chi connectivity index (χ1) is 12.8. The lowest BCUT2D eigenvalue weighted by atomic mass is 9.82. The van der Waals surface area contributed by atoms with Crippen molar-refractivity contribution in [2.45, 2.75) is 50.8 Å². The van der Waals surface area contributed by atoms with Crippen molar-refractivity contribution in [2.24, 2.45) is 5.41 Å². The number of sulfonamides is 1. The summed E-state index contributed by atoms with van der Waals surface area (Å²) in [6.07, 6.45) is 3.35. The van der Waals surface area contributed by atoms with Gasteiger partial charge in [-0.25, -0.2) is 8.42 Å². The van der Waals surface area contributed by atoms with Crippen molar-refractivity contribution in [3.8, 4) is 0 Å². The molecule has 0 saturated carbocycles. The third-order valence-corrected chi connectivity index (χ3v) is 7.42. The topological polar surface area (TPSA) is 104 Å².